The van der Waals surface area contributed by atoms with Crippen molar-refractivity contribution >= 4 is 0 Å². The highest BCUT2D eigenvalue weighted by Crippen LogP contribution is 2.27. The van der Waals surface area contributed by atoms with E-state index in [-0.39, 0.29) is 0 Å². The molecular weight excluding hydrogens is 206 g/mol. The van der Waals surface area contributed by atoms with Gasteiger partial charge in [0.25, 0.3) is 0 Å². The van der Waals surface area contributed by atoms with Gasteiger partial charge in [0.1, 0.15) is 0 Å². The number of rotatable bonds is 3. The van der Waals surface area contributed by atoms with Gasteiger partial charge in [-0.15, -0.1) is 0 Å². The topological polar surface area (TPSA) is 12.0 Å². The molecule has 0 spiro atoms. The summed E-state index contributed by atoms with van der Waals surface area (Å²) in [5, 5.41) is 3.50. The molecule has 1 fully saturated rings. The molecule has 1 nitrogen and oxygen atoms in total. The van der Waals surface area contributed by atoms with Crippen LogP contribution in [0.4, 0.5) is 0 Å². The monoisotopic (exact) mass is 231 g/mol. The van der Waals surface area contributed by atoms with Crippen molar-refractivity contribution in [3.8, 4) is 0 Å². The van der Waals surface area contributed by atoms with Crippen molar-refractivity contribution in [1.29, 1.82) is 0 Å². The summed E-state index contributed by atoms with van der Waals surface area (Å²) in [6.45, 7) is 4.40. The second-order valence-electron chi connectivity index (χ2n) is 5.64. The van der Waals surface area contributed by atoms with Crippen LogP contribution in [-0.2, 0) is 6.42 Å². The van der Waals surface area contributed by atoms with Gasteiger partial charge < -0.3 is 5.32 Å². The lowest BCUT2D eigenvalue weighted by atomic mass is 9.80. The maximum atomic E-state index is 3.50. The summed E-state index contributed by atoms with van der Waals surface area (Å²) < 4.78 is 0. The minimum Gasteiger partial charge on any atom is -0.317 e. The minimum atomic E-state index is 0.726. The molecule has 1 aliphatic carbocycles. The number of hydrogen-bond donors (Lipinski definition) is 1. The SMILES string of the molecule is CNC1CCCCC1Cc1cc(C)cc(C)c1. The molecule has 1 aromatic carbocycles. The third-order valence-electron chi connectivity index (χ3n) is 4.06. The Morgan fingerprint density at radius 2 is 1.71 bits per heavy atom. The van der Waals surface area contributed by atoms with E-state index in [0.29, 0.717) is 0 Å². The molecule has 2 unspecified atom stereocenters. The molecule has 1 aromatic rings. The maximum Gasteiger partial charge on any atom is 0.00955 e. The molecule has 1 aliphatic rings. The zero-order chi connectivity index (χ0) is 12.3. The standard InChI is InChI=1S/C16H25N/c1-12-8-13(2)10-14(9-12)11-15-6-4-5-7-16(15)17-3/h8-10,15-17H,4-7,11H2,1-3H3. The van der Waals surface area contributed by atoms with E-state index in [9.17, 15) is 0 Å². The zero-order valence-corrected chi connectivity index (χ0v) is 11.4. The van der Waals surface area contributed by atoms with Gasteiger partial charge >= 0.3 is 0 Å². The van der Waals surface area contributed by atoms with Gasteiger partial charge in [-0.3, -0.25) is 0 Å². The summed E-state index contributed by atoms with van der Waals surface area (Å²) in [6.07, 6.45) is 6.79. The Labute approximate surface area is 106 Å². The van der Waals surface area contributed by atoms with Gasteiger partial charge in [-0.2, -0.15) is 0 Å². The quantitative estimate of drug-likeness (QED) is 0.837. The smallest absolute Gasteiger partial charge is 0.00955 e. The van der Waals surface area contributed by atoms with Crippen LogP contribution in [0.5, 0.6) is 0 Å². The number of hydrogen-bond acceptors (Lipinski definition) is 1. The van der Waals surface area contributed by atoms with Crippen LogP contribution in [0.2, 0.25) is 0 Å². The molecule has 94 valence electrons. The number of benzene rings is 1. The molecule has 0 amide bonds. The van der Waals surface area contributed by atoms with E-state index in [4.69, 9.17) is 0 Å². The van der Waals surface area contributed by atoms with Crippen LogP contribution < -0.4 is 5.32 Å². The van der Waals surface area contributed by atoms with Crippen LogP contribution in [0.1, 0.15) is 42.4 Å². The summed E-state index contributed by atoms with van der Waals surface area (Å²) in [5.41, 5.74) is 4.32. The normalized spacial score (nSPS) is 24.9. The first-order valence-electron chi connectivity index (χ1n) is 6.93. The Hall–Kier alpha value is -0.820. The first kappa shape index (κ1) is 12.6. The predicted molar refractivity (Wildman–Crippen MR) is 74.4 cm³/mol. The summed E-state index contributed by atoms with van der Waals surface area (Å²) in [4.78, 5) is 0. The van der Waals surface area contributed by atoms with E-state index >= 15 is 0 Å². The van der Waals surface area contributed by atoms with Crippen LogP contribution in [0.15, 0.2) is 18.2 Å². The van der Waals surface area contributed by atoms with Gasteiger partial charge in [0, 0.05) is 6.04 Å². The summed E-state index contributed by atoms with van der Waals surface area (Å²) in [7, 11) is 2.12. The molecule has 2 rings (SSSR count). The molecule has 2 atom stereocenters. The maximum absolute atomic E-state index is 3.50. The molecule has 1 heteroatoms. The molecule has 0 saturated heterocycles. The summed E-state index contributed by atoms with van der Waals surface area (Å²) in [5.74, 6) is 0.829. The van der Waals surface area contributed by atoms with Crippen LogP contribution in [0.25, 0.3) is 0 Å². The van der Waals surface area contributed by atoms with Crippen molar-refractivity contribution in [3.05, 3.63) is 34.9 Å². The lowest BCUT2D eigenvalue weighted by Crippen LogP contribution is -2.37. The third kappa shape index (κ3) is 3.32. The fourth-order valence-electron chi connectivity index (χ4n) is 3.32. The summed E-state index contributed by atoms with van der Waals surface area (Å²) >= 11 is 0. The van der Waals surface area contributed by atoms with Crippen molar-refractivity contribution in [2.45, 2.75) is 52.0 Å². The Balaban J connectivity index is 2.08. The lowest BCUT2D eigenvalue weighted by molar-refractivity contribution is 0.272. The van der Waals surface area contributed by atoms with Crippen molar-refractivity contribution in [1.82, 2.24) is 5.32 Å². The van der Waals surface area contributed by atoms with Gasteiger partial charge in [-0.25, -0.2) is 0 Å². The van der Waals surface area contributed by atoms with E-state index in [0.717, 1.165) is 12.0 Å². The molecule has 1 N–H and O–H groups in total. The van der Waals surface area contributed by atoms with Gasteiger partial charge in [0.05, 0.1) is 0 Å². The van der Waals surface area contributed by atoms with Crippen molar-refractivity contribution in [3.63, 3.8) is 0 Å². The molecule has 0 bridgehead atoms. The molecule has 0 heterocycles. The molecule has 0 aromatic heterocycles. The van der Waals surface area contributed by atoms with Crippen molar-refractivity contribution < 1.29 is 0 Å². The highest BCUT2D eigenvalue weighted by atomic mass is 14.9. The van der Waals surface area contributed by atoms with E-state index in [1.165, 1.54) is 48.8 Å². The minimum absolute atomic E-state index is 0.726. The fourth-order valence-corrected chi connectivity index (χ4v) is 3.32. The highest BCUT2D eigenvalue weighted by molar-refractivity contribution is 5.29. The second kappa shape index (κ2) is 5.68. The predicted octanol–water partition coefficient (Wildman–Crippen LogP) is 3.62. The van der Waals surface area contributed by atoms with Crippen LogP contribution in [0.3, 0.4) is 0 Å². The second-order valence-corrected chi connectivity index (χ2v) is 5.64. The van der Waals surface area contributed by atoms with Crippen LogP contribution >= 0.6 is 0 Å². The van der Waals surface area contributed by atoms with E-state index < -0.39 is 0 Å². The van der Waals surface area contributed by atoms with Crippen LogP contribution in [0, 0.1) is 19.8 Å². The van der Waals surface area contributed by atoms with E-state index in [1.54, 1.807) is 0 Å². The molecule has 1 saturated carbocycles. The Kier molecular flexibility index (Phi) is 4.22. The van der Waals surface area contributed by atoms with Gasteiger partial charge in [-0.1, -0.05) is 42.2 Å². The molecular formula is C16H25N. The molecule has 0 radical (unpaired) electrons. The number of aryl methyl sites for hydroxylation is 2. The first-order valence-corrected chi connectivity index (χ1v) is 6.93. The van der Waals surface area contributed by atoms with Gasteiger partial charge in [-0.05, 0) is 51.6 Å². The third-order valence-corrected chi connectivity index (χ3v) is 4.06. The average Bonchev–Trinajstić information content (AvgIpc) is 2.28. The summed E-state index contributed by atoms with van der Waals surface area (Å²) in [6, 6.07) is 7.70. The van der Waals surface area contributed by atoms with Crippen molar-refractivity contribution in [2.24, 2.45) is 5.92 Å². The highest BCUT2D eigenvalue weighted by Gasteiger charge is 2.23. The molecule has 0 aliphatic heterocycles. The largest absolute Gasteiger partial charge is 0.317 e. The Morgan fingerprint density at radius 3 is 2.35 bits per heavy atom. The fraction of sp³-hybridized carbons (Fsp3) is 0.625. The molecule has 17 heavy (non-hydrogen) atoms. The van der Waals surface area contributed by atoms with Gasteiger partial charge in [0.2, 0.25) is 0 Å². The zero-order valence-electron chi connectivity index (χ0n) is 11.4. The van der Waals surface area contributed by atoms with E-state index in [1.807, 2.05) is 0 Å². The van der Waals surface area contributed by atoms with Gasteiger partial charge in [0.15, 0.2) is 0 Å². The van der Waals surface area contributed by atoms with Crippen LogP contribution in [-0.4, -0.2) is 13.1 Å². The number of nitrogens with one attached hydrogen (secondary N) is 1. The Morgan fingerprint density at radius 1 is 1.06 bits per heavy atom. The first-order chi connectivity index (χ1) is 8.19. The Bertz CT molecular complexity index is 350. The van der Waals surface area contributed by atoms with Crippen molar-refractivity contribution in [2.75, 3.05) is 7.05 Å². The lowest BCUT2D eigenvalue weighted by Gasteiger charge is -2.31. The van der Waals surface area contributed by atoms with E-state index in [2.05, 4.69) is 44.4 Å². The average molecular weight is 231 g/mol.